The molecule has 0 radical (unpaired) electrons. The average Bonchev–Trinajstić information content (AvgIpc) is 2.84. The van der Waals surface area contributed by atoms with Crippen LogP contribution in [0, 0.1) is 13.8 Å². The van der Waals surface area contributed by atoms with Gasteiger partial charge in [-0.05, 0) is 55.8 Å². The van der Waals surface area contributed by atoms with Crippen LogP contribution in [0.3, 0.4) is 0 Å². The quantitative estimate of drug-likeness (QED) is 0.615. The molecule has 0 unspecified atom stereocenters. The molecule has 3 rings (SSSR count). The van der Waals surface area contributed by atoms with E-state index in [-0.39, 0.29) is 11.2 Å². The predicted molar refractivity (Wildman–Crippen MR) is 96.5 cm³/mol. The van der Waals surface area contributed by atoms with E-state index in [1.165, 1.54) is 4.68 Å². The lowest BCUT2D eigenvalue weighted by Gasteiger charge is -2.03. The van der Waals surface area contributed by atoms with Gasteiger partial charge in [0.05, 0.1) is 17.1 Å². The van der Waals surface area contributed by atoms with Crippen molar-refractivity contribution >= 4 is 34.6 Å². The number of hydrogen-bond donors (Lipinski definition) is 1. The van der Waals surface area contributed by atoms with Crippen LogP contribution in [0.25, 0.3) is 5.69 Å². The molecule has 0 aliphatic rings. The van der Waals surface area contributed by atoms with Crippen LogP contribution in [0.1, 0.15) is 11.3 Å². The maximum Gasteiger partial charge on any atom is 0.299 e. The van der Waals surface area contributed by atoms with Crippen LogP contribution in [-0.4, -0.2) is 9.78 Å². The van der Waals surface area contributed by atoms with Crippen LogP contribution in [0.4, 0.5) is 11.4 Å². The van der Waals surface area contributed by atoms with Gasteiger partial charge in [0, 0.05) is 10.0 Å². The number of benzene rings is 2. The second kappa shape index (κ2) is 6.63. The van der Waals surface area contributed by atoms with Gasteiger partial charge in [0.15, 0.2) is 5.69 Å². The zero-order valence-corrected chi connectivity index (χ0v) is 14.6. The second-order valence-corrected chi connectivity index (χ2v) is 6.18. The van der Waals surface area contributed by atoms with Crippen molar-refractivity contribution in [2.24, 2.45) is 10.2 Å². The number of rotatable bonds is 3. The molecular weight excluding hydrogens is 347 g/mol. The molecule has 0 saturated heterocycles. The predicted octanol–water partition coefficient (Wildman–Crippen LogP) is 5.50. The largest absolute Gasteiger partial charge is 0.299 e. The summed E-state index contributed by atoms with van der Waals surface area (Å²) in [6.45, 7) is 3.67. The lowest BCUT2D eigenvalue weighted by Crippen LogP contribution is -2.14. The summed E-state index contributed by atoms with van der Waals surface area (Å²) in [5.41, 5.74) is 2.79. The molecule has 122 valence electrons. The summed E-state index contributed by atoms with van der Waals surface area (Å²) in [6, 6.07) is 12.3. The number of halogens is 2. The third-order valence-electron chi connectivity index (χ3n) is 3.55. The summed E-state index contributed by atoms with van der Waals surface area (Å²) in [5, 5.41) is 12.4. The second-order valence-electron chi connectivity index (χ2n) is 5.34. The maximum atomic E-state index is 12.6. The molecule has 0 aliphatic heterocycles. The number of aromatic nitrogens is 2. The van der Waals surface area contributed by atoms with E-state index in [4.69, 9.17) is 23.2 Å². The fraction of sp³-hybridized carbons (Fsp3) is 0.118. The van der Waals surface area contributed by atoms with Crippen LogP contribution < -0.4 is 5.56 Å². The summed E-state index contributed by atoms with van der Waals surface area (Å²) in [5.74, 6) is 0. The third kappa shape index (κ3) is 3.27. The lowest BCUT2D eigenvalue weighted by molar-refractivity contribution is 0.835. The molecule has 1 N–H and O–H groups in total. The molecule has 1 aromatic heterocycles. The lowest BCUT2D eigenvalue weighted by atomic mass is 10.2. The Morgan fingerprint density at radius 1 is 1.00 bits per heavy atom. The van der Waals surface area contributed by atoms with E-state index in [1.54, 1.807) is 37.3 Å². The summed E-state index contributed by atoms with van der Waals surface area (Å²) in [6.07, 6.45) is 0. The molecule has 0 amide bonds. The minimum Gasteiger partial charge on any atom is -0.293 e. The third-order valence-corrected chi connectivity index (χ3v) is 4.21. The van der Waals surface area contributed by atoms with Crippen molar-refractivity contribution in [1.82, 2.24) is 9.78 Å². The van der Waals surface area contributed by atoms with Crippen molar-refractivity contribution in [2.45, 2.75) is 13.8 Å². The molecule has 3 aromatic rings. The van der Waals surface area contributed by atoms with Crippen LogP contribution in [0.5, 0.6) is 0 Å². The number of nitrogens with one attached hydrogen (secondary N) is 1. The number of nitrogens with zero attached hydrogens (tertiary/aromatic N) is 3. The molecule has 7 heteroatoms. The normalized spacial score (nSPS) is 11.3. The van der Waals surface area contributed by atoms with Crippen LogP contribution in [0.15, 0.2) is 57.5 Å². The monoisotopic (exact) mass is 360 g/mol. The van der Waals surface area contributed by atoms with E-state index in [0.29, 0.717) is 27.1 Å². The molecular formula is C17H14Cl2N4O. The van der Waals surface area contributed by atoms with Gasteiger partial charge in [-0.2, -0.15) is 5.11 Å². The molecule has 0 bridgehead atoms. The molecule has 2 aromatic carbocycles. The zero-order valence-electron chi connectivity index (χ0n) is 13.0. The summed E-state index contributed by atoms with van der Waals surface area (Å²) < 4.78 is 1.40. The molecule has 0 saturated carbocycles. The summed E-state index contributed by atoms with van der Waals surface area (Å²) >= 11 is 12.0. The van der Waals surface area contributed by atoms with E-state index in [2.05, 4.69) is 15.3 Å². The van der Waals surface area contributed by atoms with Gasteiger partial charge in [0.1, 0.15) is 0 Å². The van der Waals surface area contributed by atoms with Gasteiger partial charge in [-0.1, -0.05) is 29.3 Å². The molecule has 0 atom stereocenters. The molecule has 0 spiro atoms. The summed E-state index contributed by atoms with van der Waals surface area (Å²) in [4.78, 5) is 12.6. The van der Waals surface area contributed by atoms with Crippen molar-refractivity contribution < 1.29 is 0 Å². The van der Waals surface area contributed by atoms with E-state index in [0.717, 1.165) is 5.56 Å². The van der Waals surface area contributed by atoms with Crippen molar-refractivity contribution in [2.75, 3.05) is 0 Å². The van der Waals surface area contributed by atoms with Crippen LogP contribution in [-0.2, 0) is 0 Å². The van der Waals surface area contributed by atoms with Gasteiger partial charge in [0.2, 0.25) is 0 Å². The van der Waals surface area contributed by atoms with Gasteiger partial charge >= 0.3 is 0 Å². The smallest absolute Gasteiger partial charge is 0.293 e. The van der Waals surface area contributed by atoms with Gasteiger partial charge in [-0.3, -0.25) is 9.89 Å². The highest BCUT2D eigenvalue weighted by Crippen LogP contribution is 2.22. The first-order valence-corrected chi connectivity index (χ1v) is 7.97. The Morgan fingerprint density at radius 3 is 2.38 bits per heavy atom. The van der Waals surface area contributed by atoms with Gasteiger partial charge < -0.3 is 0 Å². The molecule has 0 fully saturated rings. The van der Waals surface area contributed by atoms with Crippen molar-refractivity contribution in [1.29, 1.82) is 0 Å². The summed E-state index contributed by atoms with van der Waals surface area (Å²) in [7, 11) is 0. The Morgan fingerprint density at radius 2 is 1.71 bits per heavy atom. The average molecular weight is 361 g/mol. The fourth-order valence-electron chi connectivity index (χ4n) is 2.17. The Kier molecular flexibility index (Phi) is 4.55. The SMILES string of the molecule is Cc1ccc(-n2[nH]c(C)c(N=Nc3ccc(Cl)cc3)c2=O)cc1Cl. The highest BCUT2D eigenvalue weighted by Gasteiger charge is 2.12. The van der Waals surface area contributed by atoms with E-state index in [1.807, 2.05) is 19.1 Å². The molecule has 1 heterocycles. The van der Waals surface area contributed by atoms with E-state index in [9.17, 15) is 4.79 Å². The van der Waals surface area contributed by atoms with Crippen molar-refractivity contribution in [3.05, 3.63) is 74.1 Å². The molecule has 0 aliphatic carbocycles. The standard InChI is InChI=1S/C17H14Cl2N4O/c1-10-3-8-14(9-15(10)19)23-17(24)16(11(2)22-23)21-20-13-6-4-12(18)5-7-13/h3-9,22H,1-2H3. The number of H-pyrrole nitrogens is 1. The van der Waals surface area contributed by atoms with E-state index < -0.39 is 0 Å². The first kappa shape index (κ1) is 16.5. The number of aromatic amines is 1. The Balaban J connectivity index is 1.99. The minimum atomic E-state index is -0.287. The molecule has 24 heavy (non-hydrogen) atoms. The number of aryl methyl sites for hydroxylation is 2. The fourth-order valence-corrected chi connectivity index (χ4v) is 2.47. The Labute approximate surface area is 148 Å². The topological polar surface area (TPSA) is 62.5 Å². The number of azo groups is 1. The van der Waals surface area contributed by atoms with Crippen LogP contribution in [0.2, 0.25) is 10.0 Å². The molecule has 5 nitrogen and oxygen atoms in total. The van der Waals surface area contributed by atoms with Crippen LogP contribution >= 0.6 is 23.2 Å². The Hall–Kier alpha value is -2.37. The minimum absolute atomic E-state index is 0.252. The Bertz CT molecular complexity index is 971. The number of hydrogen-bond acceptors (Lipinski definition) is 3. The van der Waals surface area contributed by atoms with E-state index >= 15 is 0 Å². The zero-order chi connectivity index (χ0) is 17.3. The van der Waals surface area contributed by atoms with Crippen molar-refractivity contribution in [3.63, 3.8) is 0 Å². The van der Waals surface area contributed by atoms with Gasteiger partial charge in [0.25, 0.3) is 5.56 Å². The van der Waals surface area contributed by atoms with Gasteiger partial charge in [-0.15, -0.1) is 5.11 Å². The van der Waals surface area contributed by atoms with Crippen molar-refractivity contribution in [3.8, 4) is 5.69 Å². The highest BCUT2D eigenvalue weighted by atomic mass is 35.5. The first-order chi connectivity index (χ1) is 11.5. The van der Waals surface area contributed by atoms with Gasteiger partial charge in [-0.25, -0.2) is 4.68 Å². The maximum absolute atomic E-state index is 12.6. The first-order valence-electron chi connectivity index (χ1n) is 7.21. The highest BCUT2D eigenvalue weighted by molar-refractivity contribution is 6.31.